The van der Waals surface area contributed by atoms with E-state index in [9.17, 15) is 4.79 Å². The smallest absolute Gasteiger partial charge is 0.227 e. The highest BCUT2D eigenvalue weighted by molar-refractivity contribution is 5.84. The Morgan fingerprint density at radius 3 is 2.69 bits per heavy atom. The second-order valence-electron chi connectivity index (χ2n) is 7.83. The number of nitrogens with zero attached hydrogens (tertiary/aromatic N) is 1. The van der Waals surface area contributed by atoms with Gasteiger partial charge in [-0.2, -0.15) is 0 Å². The monoisotopic (exact) mass is 394 g/mol. The van der Waals surface area contributed by atoms with E-state index in [-0.39, 0.29) is 17.9 Å². The Hall–Kier alpha value is -2.37. The van der Waals surface area contributed by atoms with Gasteiger partial charge < -0.3 is 14.8 Å². The second-order valence-corrected chi connectivity index (χ2v) is 7.83. The zero-order valence-corrected chi connectivity index (χ0v) is 17.1. The fourth-order valence-corrected chi connectivity index (χ4v) is 4.52. The summed E-state index contributed by atoms with van der Waals surface area (Å²) in [4.78, 5) is 15.5. The van der Waals surface area contributed by atoms with Crippen molar-refractivity contribution in [3.63, 3.8) is 0 Å². The van der Waals surface area contributed by atoms with Gasteiger partial charge in [0.2, 0.25) is 5.91 Å². The molecule has 1 heterocycles. The van der Waals surface area contributed by atoms with Crippen LogP contribution in [0.2, 0.25) is 0 Å². The molecule has 154 valence electrons. The number of rotatable bonds is 6. The topological polar surface area (TPSA) is 50.8 Å². The first-order valence-electron chi connectivity index (χ1n) is 10.6. The number of ether oxygens (including phenoxy) is 2. The van der Waals surface area contributed by atoms with Crippen molar-refractivity contribution in [2.75, 3.05) is 40.0 Å². The van der Waals surface area contributed by atoms with Crippen LogP contribution in [0.25, 0.3) is 0 Å². The fourth-order valence-electron chi connectivity index (χ4n) is 4.52. The van der Waals surface area contributed by atoms with E-state index >= 15 is 0 Å². The number of carbonyl (C=O) groups is 1. The molecule has 1 aliphatic heterocycles. The van der Waals surface area contributed by atoms with Crippen LogP contribution in [0.4, 0.5) is 0 Å². The third-order valence-electron chi connectivity index (χ3n) is 6.14. The van der Waals surface area contributed by atoms with Gasteiger partial charge in [0, 0.05) is 19.6 Å². The molecule has 2 atom stereocenters. The molecule has 0 unspecified atom stereocenters. The Kier molecular flexibility index (Phi) is 6.47. The van der Waals surface area contributed by atoms with E-state index in [0.29, 0.717) is 6.54 Å². The van der Waals surface area contributed by atoms with Crippen LogP contribution in [0.5, 0.6) is 5.75 Å². The number of fused-ring (bicyclic) bond motifs is 1. The lowest BCUT2D eigenvalue weighted by Gasteiger charge is -2.35. The van der Waals surface area contributed by atoms with E-state index in [1.54, 1.807) is 7.11 Å². The van der Waals surface area contributed by atoms with E-state index in [2.05, 4.69) is 40.5 Å². The van der Waals surface area contributed by atoms with Gasteiger partial charge in [-0.15, -0.1) is 0 Å². The Bertz CT molecular complexity index is 815. The van der Waals surface area contributed by atoms with E-state index in [1.165, 1.54) is 16.7 Å². The van der Waals surface area contributed by atoms with E-state index in [0.717, 1.165) is 51.3 Å². The van der Waals surface area contributed by atoms with Gasteiger partial charge in [0.05, 0.1) is 32.3 Å². The number of hydrogen-bond acceptors (Lipinski definition) is 4. The van der Waals surface area contributed by atoms with Crippen molar-refractivity contribution < 1.29 is 14.3 Å². The minimum absolute atomic E-state index is 0.0406. The van der Waals surface area contributed by atoms with E-state index < -0.39 is 0 Å². The molecule has 2 aromatic carbocycles. The number of hydrogen-bond donors (Lipinski definition) is 1. The lowest BCUT2D eigenvalue weighted by atomic mass is 9.82. The van der Waals surface area contributed by atoms with Crippen molar-refractivity contribution in [3.8, 4) is 5.75 Å². The van der Waals surface area contributed by atoms with Crippen LogP contribution in [-0.4, -0.2) is 50.8 Å². The summed E-state index contributed by atoms with van der Waals surface area (Å²) in [6, 6.07) is 16.7. The summed E-state index contributed by atoms with van der Waals surface area (Å²) < 4.78 is 10.8. The number of benzene rings is 2. The highest BCUT2D eigenvalue weighted by Gasteiger charge is 2.28. The summed E-state index contributed by atoms with van der Waals surface area (Å²) in [5, 5.41) is 3.27. The van der Waals surface area contributed by atoms with Crippen molar-refractivity contribution in [3.05, 3.63) is 65.2 Å². The molecule has 0 radical (unpaired) electrons. The van der Waals surface area contributed by atoms with Crippen LogP contribution in [0.3, 0.4) is 0 Å². The summed E-state index contributed by atoms with van der Waals surface area (Å²) in [7, 11) is 1.68. The van der Waals surface area contributed by atoms with Gasteiger partial charge in [0.1, 0.15) is 5.75 Å². The van der Waals surface area contributed by atoms with Crippen LogP contribution >= 0.6 is 0 Å². The second kappa shape index (κ2) is 9.42. The minimum atomic E-state index is -0.0406. The summed E-state index contributed by atoms with van der Waals surface area (Å²) in [5.74, 6) is 0.947. The van der Waals surface area contributed by atoms with Crippen molar-refractivity contribution in [2.24, 2.45) is 0 Å². The van der Waals surface area contributed by atoms with Gasteiger partial charge in [-0.3, -0.25) is 9.69 Å². The third kappa shape index (κ3) is 4.62. The predicted molar refractivity (Wildman–Crippen MR) is 113 cm³/mol. The first kappa shape index (κ1) is 19.9. The van der Waals surface area contributed by atoms with Crippen molar-refractivity contribution >= 4 is 5.91 Å². The molecule has 0 spiro atoms. The van der Waals surface area contributed by atoms with Crippen LogP contribution in [0.15, 0.2) is 48.5 Å². The number of amides is 1. The average molecular weight is 395 g/mol. The highest BCUT2D eigenvalue weighted by Crippen LogP contribution is 2.32. The first-order chi connectivity index (χ1) is 14.3. The number of aryl methyl sites for hydroxylation is 1. The van der Waals surface area contributed by atoms with Gasteiger partial charge in [0.25, 0.3) is 0 Å². The van der Waals surface area contributed by atoms with Crippen LogP contribution < -0.4 is 10.1 Å². The Morgan fingerprint density at radius 1 is 1.17 bits per heavy atom. The standard InChI is InChI=1S/C24H30N2O3/c1-28-20-11-9-19(10-12-20)23(26-13-15-29-16-14-26)17-25-24(27)22-8-4-6-18-5-2-3-7-21(18)22/h2-3,5,7,9-12,22-23H,4,6,8,13-17H2,1H3,(H,25,27)/t22-,23-/m1/s1. The van der Waals surface area contributed by atoms with Crippen LogP contribution in [0.1, 0.15) is 41.5 Å². The average Bonchev–Trinajstić information content (AvgIpc) is 2.80. The number of methoxy groups -OCH3 is 1. The zero-order chi connectivity index (χ0) is 20.1. The summed E-state index contributed by atoms with van der Waals surface area (Å²) in [6.07, 6.45) is 3.07. The predicted octanol–water partition coefficient (Wildman–Crippen LogP) is 3.30. The fraction of sp³-hybridized carbons (Fsp3) is 0.458. The molecule has 4 rings (SSSR count). The van der Waals surface area contributed by atoms with Crippen LogP contribution in [0, 0.1) is 0 Å². The largest absolute Gasteiger partial charge is 0.497 e. The molecular formula is C24H30N2O3. The molecule has 0 bridgehead atoms. The van der Waals surface area contributed by atoms with E-state index in [1.807, 2.05) is 18.2 Å². The lowest BCUT2D eigenvalue weighted by molar-refractivity contribution is -0.123. The number of carbonyl (C=O) groups excluding carboxylic acids is 1. The highest BCUT2D eigenvalue weighted by atomic mass is 16.5. The lowest BCUT2D eigenvalue weighted by Crippen LogP contribution is -2.44. The molecule has 2 aliphatic rings. The third-order valence-corrected chi connectivity index (χ3v) is 6.14. The van der Waals surface area contributed by atoms with Gasteiger partial charge in [0.15, 0.2) is 0 Å². The first-order valence-corrected chi connectivity index (χ1v) is 10.6. The van der Waals surface area contributed by atoms with Crippen molar-refractivity contribution in [2.45, 2.75) is 31.2 Å². The molecule has 5 heteroatoms. The summed E-state index contributed by atoms with van der Waals surface area (Å²) >= 11 is 0. The molecule has 1 N–H and O–H groups in total. The molecule has 0 aromatic heterocycles. The number of nitrogens with one attached hydrogen (secondary N) is 1. The maximum absolute atomic E-state index is 13.1. The van der Waals surface area contributed by atoms with Gasteiger partial charge in [-0.25, -0.2) is 0 Å². The van der Waals surface area contributed by atoms with Crippen LogP contribution in [-0.2, 0) is 16.0 Å². The molecule has 5 nitrogen and oxygen atoms in total. The maximum Gasteiger partial charge on any atom is 0.227 e. The molecular weight excluding hydrogens is 364 g/mol. The molecule has 0 saturated carbocycles. The molecule has 1 aliphatic carbocycles. The summed E-state index contributed by atoms with van der Waals surface area (Å²) in [6.45, 7) is 3.81. The van der Waals surface area contributed by atoms with Gasteiger partial charge >= 0.3 is 0 Å². The Morgan fingerprint density at radius 2 is 1.93 bits per heavy atom. The van der Waals surface area contributed by atoms with Gasteiger partial charge in [-0.05, 0) is 48.1 Å². The van der Waals surface area contributed by atoms with Crippen molar-refractivity contribution in [1.82, 2.24) is 10.2 Å². The number of morpholine rings is 1. The molecule has 1 amide bonds. The molecule has 1 fully saturated rings. The maximum atomic E-state index is 13.1. The Labute approximate surface area is 173 Å². The summed E-state index contributed by atoms with van der Waals surface area (Å²) in [5.41, 5.74) is 3.71. The molecule has 29 heavy (non-hydrogen) atoms. The molecule has 1 saturated heterocycles. The molecule has 2 aromatic rings. The van der Waals surface area contributed by atoms with Crippen molar-refractivity contribution in [1.29, 1.82) is 0 Å². The quantitative estimate of drug-likeness (QED) is 0.817. The zero-order valence-electron chi connectivity index (χ0n) is 17.1. The van der Waals surface area contributed by atoms with E-state index in [4.69, 9.17) is 9.47 Å². The SMILES string of the molecule is COc1ccc([C@@H](CNC(=O)[C@@H]2CCCc3ccccc32)N2CCOCC2)cc1. The normalized spacial score (nSPS) is 20.5. The minimum Gasteiger partial charge on any atom is -0.497 e. The van der Waals surface area contributed by atoms with Gasteiger partial charge in [-0.1, -0.05) is 36.4 Å². The Balaban J connectivity index is 1.48.